The molecule has 0 radical (unpaired) electrons. The first-order chi connectivity index (χ1) is 14.8. The zero-order valence-electron chi connectivity index (χ0n) is 16.8. The van der Waals surface area contributed by atoms with Crippen LogP contribution in [0.4, 0.5) is 11.4 Å². The standard InChI is InChI=1S/C21H20BrClN2O6/c1-29-14-4-6-18(30-2)17(9-14)25-10-12(7-20(25)27)21(28)31-11-19(26)24-16-5-3-13(22)8-15(16)23/h3-6,8-9,12H,7,10-11H2,1-2H3,(H,24,26)/t12-/m1/s1. The molecule has 1 aliphatic heterocycles. The number of carbonyl (C=O) groups is 3. The highest BCUT2D eigenvalue weighted by Crippen LogP contribution is 2.36. The number of hydrogen-bond donors (Lipinski definition) is 1. The first-order valence-electron chi connectivity index (χ1n) is 9.26. The van der Waals surface area contributed by atoms with E-state index in [1.54, 1.807) is 36.4 Å². The van der Waals surface area contributed by atoms with Crippen molar-refractivity contribution in [2.45, 2.75) is 6.42 Å². The smallest absolute Gasteiger partial charge is 0.311 e. The Bertz CT molecular complexity index is 1020. The minimum Gasteiger partial charge on any atom is -0.497 e. The van der Waals surface area contributed by atoms with Crippen molar-refractivity contribution in [1.29, 1.82) is 0 Å². The van der Waals surface area contributed by atoms with Crippen molar-refractivity contribution in [1.82, 2.24) is 0 Å². The maximum Gasteiger partial charge on any atom is 0.311 e. The van der Waals surface area contributed by atoms with Gasteiger partial charge in [-0.1, -0.05) is 27.5 Å². The normalized spacial score (nSPS) is 15.5. The average molecular weight is 512 g/mol. The van der Waals surface area contributed by atoms with Gasteiger partial charge in [0.05, 0.1) is 36.5 Å². The molecule has 10 heteroatoms. The summed E-state index contributed by atoms with van der Waals surface area (Å²) in [7, 11) is 3.01. The second-order valence-electron chi connectivity index (χ2n) is 6.72. The van der Waals surface area contributed by atoms with Crippen LogP contribution in [-0.2, 0) is 19.1 Å². The van der Waals surface area contributed by atoms with Crippen molar-refractivity contribution in [2.24, 2.45) is 5.92 Å². The summed E-state index contributed by atoms with van der Waals surface area (Å²) >= 11 is 9.34. The van der Waals surface area contributed by atoms with Gasteiger partial charge in [0.1, 0.15) is 11.5 Å². The third-order valence-electron chi connectivity index (χ3n) is 4.69. The van der Waals surface area contributed by atoms with Crippen LogP contribution in [0.2, 0.25) is 5.02 Å². The molecule has 1 saturated heterocycles. The number of methoxy groups -OCH3 is 2. The van der Waals surface area contributed by atoms with Crippen LogP contribution in [0.25, 0.3) is 0 Å². The molecule has 164 valence electrons. The minimum absolute atomic E-state index is 0.0284. The summed E-state index contributed by atoms with van der Waals surface area (Å²) in [6, 6.07) is 10.0. The van der Waals surface area contributed by atoms with E-state index in [0.717, 1.165) is 4.47 Å². The summed E-state index contributed by atoms with van der Waals surface area (Å²) in [6.07, 6.45) is -0.0284. The molecular formula is C21H20BrClN2O6. The summed E-state index contributed by atoms with van der Waals surface area (Å²) in [5, 5.41) is 2.92. The maximum absolute atomic E-state index is 12.5. The molecule has 0 bridgehead atoms. The number of rotatable bonds is 7. The number of hydrogen-bond acceptors (Lipinski definition) is 6. The third-order valence-corrected chi connectivity index (χ3v) is 5.49. The number of halogens is 2. The van der Waals surface area contributed by atoms with Gasteiger partial charge in [0, 0.05) is 23.5 Å². The van der Waals surface area contributed by atoms with Gasteiger partial charge in [-0.05, 0) is 30.3 Å². The van der Waals surface area contributed by atoms with Crippen LogP contribution < -0.4 is 19.7 Å². The van der Waals surface area contributed by atoms with Crippen molar-refractivity contribution >= 4 is 56.7 Å². The molecule has 1 atom stereocenters. The molecule has 0 unspecified atom stereocenters. The Morgan fingerprint density at radius 3 is 2.65 bits per heavy atom. The maximum atomic E-state index is 12.5. The Hall–Kier alpha value is -2.78. The number of benzene rings is 2. The summed E-state index contributed by atoms with van der Waals surface area (Å²) in [5.41, 5.74) is 0.906. The van der Waals surface area contributed by atoms with E-state index in [4.69, 9.17) is 25.8 Å². The van der Waals surface area contributed by atoms with Crippen LogP contribution in [0.15, 0.2) is 40.9 Å². The van der Waals surface area contributed by atoms with Gasteiger partial charge in [0.2, 0.25) is 5.91 Å². The SMILES string of the molecule is COc1ccc(OC)c(N2C[C@H](C(=O)OCC(=O)Nc3ccc(Br)cc3Cl)CC2=O)c1. The highest BCUT2D eigenvalue weighted by molar-refractivity contribution is 9.10. The fourth-order valence-electron chi connectivity index (χ4n) is 3.14. The van der Waals surface area contributed by atoms with Gasteiger partial charge in [0.15, 0.2) is 6.61 Å². The first kappa shape index (κ1) is 22.9. The predicted octanol–water partition coefficient (Wildman–Crippen LogP) is 3.65. The number of nitrogens with zero attached hydrogens (tertiary/aromatic N) is 1. The monoisotopic (exact) mass is 510 g/mol. The number of nitrogens with one attached hydrogen (secondary N) is 1. The highest BCUT2D eigenvalue weighted by Gasteiger charge is 2.37. The third kappa shape index (κ3) is 5.48. The minimum atomic E-state index is -0.701. The summed E-state index contributed by atoms with van der Waals surface area (Å²) < 4.78 is 16.4. The van der Waals surface area contributed by atoms with Crippen molar-refractivity contribution in [3.63, 3.8) is 0 Å². The lowest BCUT2D eigenvalue weighted by atomic mass is 10.1. The number of ether oxygens (including phenoxy) is 3. The van der Waals surface area contributed by atoms with Gasteiger partial charge in [-0.15, -0.1) is 0 Å². The summed E-state index contributed by atoms with van der Waals surface area (Å²) in [5.74, 6) is -1.08. The molecular weight excluding hydrogens is 492 g/mol. The topological polar surface area (TPSA) is 94.2 Å². The molecule has 0 spiro atoms. The second-order valence-corrected chi connectivity index (χ2v) is 8.05. The second kappa shape index (κ2) is 10.0. The van der Waals surface area contributed by atoms with E-state index in [-0.39, 0.29) is 18.9 Å². The fraction of sp³-hybridized carbons (Fsp3) is 0.286. The van der Waals surface area contributed by atoms with E-state index in [1.807, 2.05) is 0 Å². The van der Waals surface area contributed by atoms with E-state index >= 15 is 0 Å². The Kier molecular flexibility index (Phi) is 7.40. The van der Waals surface area contributed by atoms with Crippen LogP contribution in [0.1, 0.15) is 6.42 Å². The molecule has 0 aromatic heterocycles. The quantitative estimate of drug-likeness (QED) is 0.570. The van der Waals surface area contributed by atoms with Crippen molar-refractivity contribution in [3.8, 4) is 11.5 Å². The van der Waals surface area contributed by atoms with Crippen LogP contribution in [0.3, 0.4) is 0 Å². The molecule has 8 nitrogen and oxygen atoms in total. The van der Waals surface area contributed by atoms with E-state index in [0.29, 0.717) is 27.9 Å². The zero-order valence-corrected chi connectivity index (χ0v) is 19.2. The van der Waals surface area contributed by atoms with E-state index < -0.39 is 24.4 Å². The lowest BCUT2D eigenvalue weighted by molar-refractivity contribution is -0.151. The van der Waals surface area contributed by atoms with Crippen LogP contribution >= 0.6 is 27.5 Å². The van der Waals surface area contributed by atoms with Gasteiger partial charge >= 0.3 is 5.97 Å². The lowest BCUT2D eigenvalue weighted by Crippen LogP contribution is -2.28. The predicted molar refractivity (Wildman–Crippen MR) is 119 cm³/mol. The molecule has 0 saturated carbocycles. The van der Waals surface area contributed by atoms with Gasteiger partial charge < -0.3 is 24.4 Å². The van der Waals surface area contributed by atoms with Gasteiger partial charge in [-0.3, -0.25) is 14.4 Å². The van der Waals surface area contributed by atoms with Crippen molar-refractivity contribution < 1.29 is 28.6 Å². The van der Waals surface area contributed by atoms with Gasteiger partial charge in [-0.2, -0.15) is 0 Å². The molecule has 0 aliphatic carbocycles. The van der Waals surface area contributed by atoms with Crippen molar-refractivity contribution in [3.05, 3.63) is 45.9 Å². The Morgan fingerprint density at radius 1 is 1.19 bits per heavy atom. The highest BCUT2D eigenvalue weighted by atomic mass is 79.9. The van der Waals surface area contributed by atoms with E-state index in [1.165, 1.54) is 19.1 Å². The Labute approximate surface area is 192 Å². The molecule has 2 aromatic carbocycles. The van der Waals surface area contributed by atoms with Crippen LogP contribution in [0.5, 0.6) is 11.5 Å². The largest absolute Gasteiger partial charge is 0.497 e. The summed E-state index contributed by atoms with van der Waals surface area (Å²) in [4.78, 5) is 38.5. The number of amides is 2. The number of anilines is 2. The average Bonchev–Trinajstić information content (AvgIpc) is 3.15. The first-order valence-corrected chi connectivity index (χ1v) is 10.4. The molecule has 1 heterocycles. The Morgan fingerprint density at radius 2 is 1.97 bits per heavy atom. The molecule has 2 aromatic rings. The lowest BCUT2D eigenvalue weighted by Gasteiger charge is -2.20. The zero-order chi connectivity index (χ0) is 22.5. The molecule has 2 amide bonds. The molecule has 31 heavy (non-hydrogen) atoms. The van der Waals surface area contributed by atoms with Gasteiger partial charge in [-0.25, -0.2) is 0 Å². The molecule has 1 fully saturated rings. The molecule has 3 rings (SSSR count). The summed E-state index contributed by atoms with van der Waals surface area (Å²) in [6.45, 7) is -0.375. The van der Waals surface area contributed by atoms with E-state index in [2.05, 4.69) is 21.2 Å². The molecule has 1 aliphatic rings. The van der Waals surface area contributed by atoms with Crippen LogP contribution in [0, 0.1) is 5.92 Å². The Balaban J connectivity index is 1.60. The number of carbonyl (C=O) groups excluding carboxylic acids is 3. The fourth-order valence-corrected chi connectivity index (χ4v) is 3.86. The number of esters is 1. The van der Waals surface area contributed by atoms with E-state index in [9.17, 15) is 14.4 Å². The van der Waals surface area contributed by atoms with Crippen LogP contribution in [-0.4, -0.2) is 45.2 Å². The molecule has 1 N–H and O–H groups in total. The van der Waals surface area contributed by atoms with Crippen molar-refractivity contribution in [2.75, 3.05) is 37.6 Å². The van der Waals surface area contributed by atoms with Gasteiger partial charge in [0.25, 0.3) is 5.91 Å².